The second-order valence-electron chi connectivity index (χ2n) is 6.67. The maximum absolute atomic E-state index is 13.3. The maximum Gasteiger partial charge on any atom is 0.435 e. The van der Waals surface area contributed by atoms with Gasteiger partial charge < -0.3 is 14.8 Å². The first kappa shape index (κ1) is 23.9. The highest BCUT2D eigenvalue weighted by Gasteiger charge is 2.36. The number of carbonyl (C=O) groups excluding carboxylic acids is 2. The second kappa shape index (κ2) is 9.41. The number of nitrogens with zero attached hydrogens (tertiary/aromatic N) is 3. The number of esters is 1. The summed E-state index contributed by atoms with van der Waals surface area (Å²) in [6.07, 6.45) is -4.73. The zero-order valence-corrected chi connectivity index (χ0v) is 18.4. The summed E-state index contributed by atoms with van der Waals surface area (Å²) < 4.78 is 50.8. The van der Waals surface area contributed by atoms with Crippen molar-refractivity contribution in [2.24, 2.45) is 0 Å². The Bertz CT molecular complexity index is 1200. The van der Waals surface area contributed by atoms with E-state index in [1.54, 1.807) is 12.1 Å². The summed E-state index contributed by atoms with van der Waals surface area (Å²) in [4.78, 5) is 25.6. The first-order valence-electron chi connectivity index (χ1n) is 9.29. The number of hydrogen-bond donors (Lipinski definition) is 1. The maximum atomic E-state index is 13.3. The summed E-state index contributed by atoms with van der Waals surface area (Å²) in [7, 11) is 3.83. The molecule has 0 spiro atoms. The molecule has 0 unspecified atom stereocenters. The lowest BCUT2D eigenvalue weighted by Crippen LogP contribution is -2.32. The minimum atomic E-state index is -4.73. The minimum absolute atomic E-state index is 0.139. The molecule has 0 aliphatic carbocycles. The standard InChI is InChI=1S/C21H18ClF3N4O4/c1-28(20(31)26-13-7-8-15(19(30)33-3)16(10-13)32-2)18-11-17(21(23,24)25)27-29(18)14-6-4-5-12(22)9-14/h4-11H,1-3H3,(H,26,31). The Labute approximate surface area is 191 Å². The monoisotopic (exact) mass is 482 g/mol. The third-order valence-electron chi connectivity index (χ3n) is 4.54. The molecule has 1 aromatic heterocycles. The summed E-state index contributed by atoms with van der Waals surface area (Å²) in [5.41, 5.74) is -0.570. The Morgan fingerprint density at radius 1 is 1.12 bits per heavy atom. The SMILES string of the molecule is COC(=O)c1ccc(NC(=O)N(C)c2cc(C(F)(F)F)nn2-c2cccc(Cl)c2)cc1OC. The molecule has 12 heteroatoms. The Morgan fingerprint density at radius 3 is 2.45 bits per heavy atom. The molecular formula is C21H18ClF3N4O4. The highest BCUT2D eigenvalue weighted by atomic mass is 35.5. The average molecular weight is 483 g/mol. The molecule has 0 bridgehead atoms. The molecule has 0 saturated carbocycles. The molecule has 3 aromatic rings. The van der Waals surface area contributed by atoms with E-state index in [-0.39, 0.29) is 33.5 Å². The number of hydrogen-bond acceptors (Lipinski definition) is 5. The number of halogens is 4. The molecule has 0 aliphatic rings. The van der Waals surface area contributed by atoms with Crippen LogP contribution in [0.25, 0.3) is 5.69 Å². The zero-order valence-electron chi connectivity index (χ0n) is 17.6. The van der Waals surface area contributed by atoms with Crippen LogP contribution in [0.2, 0.25) is 5.02 Å². The summed E-state index contributed by atoms with van der Waals surface area (Å²) in [5, 5.41) is 6.44. The van der Waals surface area contributed by atoms with Crippen molar-refractivity contribution in [2.45, 2.75) is 6.18 Å². The van der Waals surface area contributed by atoms with Gasteiger partial charge >= 0.3 is 18.2 Å². The molecule has 0 saturated heterocycles. The van der Waals surface area contributed by atoms with Crippen LogP contribution in [0.5, 0.6) is 5.75 Å². The molecule has 8 nitrogen and oxygen atoms in total. The number of aromatic nitrogens is 2. The van der Waals surface area contributed by atoms with Gasteiger partial charge in [-0.15, -0.1) is 0 Å². The topological polar surface area (TPSA) is 85.7 Å². The van der Waals surface area contributed by atoms with Gasteiger partial charge in [-0.3, -0.25) is 4.90 Å². The fourth-order valence-corrected chi connectivity index (χ4v) is 3.09. The molecule has 1 N–H and O–H groups in total. The van der Waals surface area contributed by atoms with E-state index in [1.165, 1.54) is 51.6 Å². The van der Waals surface area contributed by atoms with Gasteiger partial charge in [0.1, 0.15) is 17.1 Å². The quantitative estimate of drug-likeness (QED) is 0.517. The molecule has 1 heterocycles. The van der Waals surface area contributed by atoms with Gasteiger partial charge in [0, 0.05) is 29.9 Å². The number of alkyl halides is 3. The highest BCUT2D eigenvalue weighted by molar-refractivity contribution is 6.30. The fourth-order valence-electron chi connectivity index (χ4n) is 2.91. The number of benzene rings is 2. The highest BCUT2D eigenvalue weighted by Crippen LogP contribution is 2.33. The Kier molecular flexibility index (Phi) is 6.82. The van der Waals surface area contributed by atoms with Crippen LogP contribution < -0.4 is 15.0 Å². The number of urea groups is 1. The molecule has 0 fully saturated rings. The average Bonchev–Trinajstić information content (AvgIpc) is 3.24. The summed E-state index contributed by atoms with van der Waals surface area (Å²) in [6, 6.07) is 10.2. The fraction of sp³-hybridized carbons (Fsp3) is 0.190. The van der Waals surface area contributed by atoms with Crippen LogP contribution in [-0.2, 0) is 10.9 Å². The normalized spacial score (nSPS) is 11.1. The molecule has 2 aromatic carbocycles. The number of anilines is 2. The first-order chi connectivity index (χ1) is 15.5. The molecular weight excluding hydrogens is 465 g/mol. The van der Waals surface area contributed by atoms with Gasteiger partial charge in [0.2, 0.25) is 0 Å². The van der Waals surface area contributed by atoms with E-state index in [9.17, 15) is 22.8 Å². The van der Waals surface area contributed by atoms with Crippen LogP contribution in [0, 0.1) is 0 Å². The summed E-state index contributed by atoms with van der Waals surface area (Å²) >= 11 is 5.97. The molecule has 0 radical (unpaired) electrons. The number of carbonyl (C=O) groups is 2. The second-order valence-corrected chi connectivity index (χ2v) is 7.11. The van der Waals surface area contributed by atoms with E-state index in [2.05, 4.69) is 15.2 Å². The van der Waals surface area contributed by atoms with Crippen molar-refractivity contribution < 1.29 is 32.2 Å². The lowest BCUT2D eigenvalue weighted by Gasteiger charge is -2.19. The van der Waals surface area contributed by atoms with Gasteiger partial charge in [0.05, 0.1) is 19.9 Å². The number of ether oxygens (including phenoxy) is 2. The van der Waals surface area contributed by atoms with Crippen LogP contribution in [0.4, 0.5) is 29.5 Å². The summed E-state index contributed by atoms with van der Waals surface area (Å²) in [5.74, 6) is -0.641. The van der Waals surface area contributed by atoms with Crippen molar-refractivity contribution in [1.29, 1.82) is 0 Å². The van der Waals surface area contributed by atoms with Crippen LogP contribution in [0.1, 0.15) is 16.1 Å². The Morgan fingerprint density at radius 2 is 1.85 bits per heavy atom. The van der Waals surface area contributed by atoms with E-state index in [4.69, 9.17) is 16.3 Å². The minimum Gasteiger partial charge on any atom is -0.496 e. The molecule has 174 valence electrons. The van der Waals surface area contributed by atoms with Gasteiger partial charge in [0.25, 0.3) is 0 Å². The third-order valence-corrected chi connectivity index (χ3v) is 4.78. The lowest BCUT2D eigenvalue weighted by atomic mass is 10.2. The van der Waals surface area contributed by atoms with E-state index >= 15 is 0 Å². The van der Waals surface area contributed by atoms with Gasteiger partial charge in [-0.1, -0.05) is 17.7 Å². The van der Waals surface area contributed by atoms with Gasteiger partial charge in [0.15, 0.2) is 5.69 Å². The summed E-state index contributed by atoms with van der Waals surface area (Å²) in [6.45, 7) is 0. The van der Waals surface area contributed by atoms with Crippen molar-refractivity contribution in [3.8, 4) is 11.4 Å². The number of nitrogens with one attached hydrogen (secondary N) is 1. The van der Waals surface area contributed by atoms with Crippen LogP contribution >= 0.6 is 11.6 Å². The molecule has 0 aliphatic heterocycles. The van der Waals surface area contributed by atoms with Crippen molar-refractivity contribution >= 4 is 35.1 Å². The van der Waals surface area contributed by atoms with Gasteiger partial charge in [-0.2, -0.15) is 18.3 Å². The molecule has 3 rings (SSSR count). The number of rotatable bonds is 5. The van der Waals surface area contributed by atoms with Crippen molar-refractivity contribution in [2.75, 3.05) is 31.5 Å². The van der Waals surface area contributed by atoms with Gasteiger partial charge in [-0.05, 0) is 30.3 Å². The van der Waals surface area contributed by atoms with Crippen LogP contribution in [-0.4, -0.2) is 43.0 Å². The predicted molar refractivity (Wildman–Crippen MR) is 115 cm³/mol. The lowest BCUT2D eigenvalue weighted by molar-refractivity contribution is -0.141. The Balaban J connectivity index is 1.94. The van der Waals surface area contributed by atoms with E-state index in [1.807, 2.05) is 0 Å². The van der Waals surface area contributed by atoms with Crippen LogP contribution in [0.15, 0.2) is 48.5 Å². The smallest absolute Gasteiger partial charge is 0.435 e. The first-order valence-corrected chi connectivity index (χ1v) is 9.67. The predicted octanol–water partition coefficient (Wildman–Crippen LogP) is 5.01. The third kappa shape index (κ3) is 5.20. The molecule has 33 heavy (non-hydrogen) atoms. The van der Waals surface area contributed by atoms with E-state index in [0.717, 1.165) is 15.6 Å². The number of amides is 2. The van der Waals surface area contributed by atoms with Crippen LogP contribution in [0.3, 0.4) is 0 Å². The largest absolute Gasteiger partial charge is 0.496 e. The zero-order chi connectivity index (χ0) is 24.3. The van der Waals surface area contributed by atoms with E-state index in [0.29, 0.717) is 0 Å². The van der Waals surface area contributed by atoms with Gasteiger partial charge in [-0.25, -0.2) is 14.3 Å². The molecule has 0 atom stereocenters. The molecule has 2 amide bonds. The van der Waals surface area contributed by atoms with E-state index < -0.39 is 23.9 Å². The van der Waals surface area contributed by atoms with Crippen molar-refractivity contribution in [3.05, 3.63) is 64.8 Å². The van der Waals surface area contributed by atoms with Crippen molar-refractivity contribution in [3.63, 3.8) is 0 Å². The van der Waals surface area contributed by atoms with Crippen molar-refractivity contribution in [1.82, 2.24) is 9.78 Å². The Hall–Kier alpha value is -3.73. The number of methoxy groups -OCH3 is 2.